The molecule has 0 unspecified atom stereocenters. The number of aromatic nitrogens is 6. The van der Waals surface area contributed by atoms with E-state index in [1.54, 1.807) is 40.7 Å². The Morgan fingerprint density at radius 1 is 1.06 bits per heavy atom. The van der Waals surface area contributed by atoms with Gasteiger partial charge in [0.2, 0.25) is 0 Å². The molecular weight excluding hydrogens is 515 g/mol. The zero-order valence-electron chi connectivity index (χ0n) is 18.6. The van der Waals surface area contributed by atoms with E-state index in [2.05, 4.69) is 36.5 Å². The van der Waals surface area contributed by atoms with E-state index in [0.717, 1.165) is 28.0 Å². The molecule has 0 aliphatic heterocycles. The second-order valence-corrected chi connectivity index (χ2v) is 8.64. The van der Waals surface area contributed by atoms with Crippen LogP contribution in [-0.2, 0) is 19.4 Å². The highest BCUT2D eigenvalue weighted by Crippen LogP contribution is 2.29. The number of anilines is 1. The summed E-state index contributed by atoms with van der Waals surface area (Å²) in [5.41, 5.74) is 2.43. The van der Waals surface area contributed by atoms with Crippen LogP contribution in [0.15, 0.2) is 47.1 Å². The fraction of sp³-hybridized carbons (Fsp3) is 0.273. The number of carbonyl (C=O) groups is 1. The minimum atomic E-state index is -4.41. The van der Waals surface area contributed by atoms with Crippen LogP contribution >= 0.6 is 15.9 Å². The lowest BCUT2D eigenvalue weighted by molar-refractivity contribution is -0.137. The van der Waals surface area contributed by atoms with E-state index in [1.807, 2.05) is 13.8 Å². The van der Waals surface area contributed by atoms with E-state index in [-0.39, 0.29) is 18.1 Å². The van der Waals surface area contributed by atoms with Gasteiger partial charge < -0.3 is 5.32 Å². The maximum absolute atomic E-state index is 13.0. The largest absolute Gasteiger partial charge is 0.416 e. The van der Waals surface area contributed by atoms with Crippen LogP contribution in [0, 0.1) is 20.8 Å². The summed E-state index contributed by atoms with van der Waals surface area (Å²) in [4.78, 5) is 12.6. The van der Waals surface area contributed by atoms with E-state index in [4.69, 9.17) is 0 Å². The molecule has 0 saturated carbocycles. The van der Waals surface area contributed by atoms with Gasteiger partial charge in [0, 0.05) is 18.0 Å². The summed E-state index contributed by atoms with van der Waals surface area (Å²) >= 11 is 3.48. The zero-order chi connectivity index (χ0) is 24.6. The van der Waals surface area contributed by atoms with Crippen LogP contribution < -0.4 is 5.32 Å². The minimum Gasteiger partial charge on any atom is -0.304 e. The second-order valence-electron chi connectivity index (χ2n) is 7.85. The first-order valence-corrected chi connectivity index (χ1v) is 11.1. The summed E-state index contributed by atoms with van der Waals surface area (Å²) in [5, 5.41) is 15.7. The van der Waals surface area contributed by atoms with Crippen molar-refractivity contribution in [3.05, 3.63) is 81.0 Å². The number of nitrogens with one attached hydrogen (secondary N) is 1. The van der Waals surface area contributed by atoms with E-state index in [0.29, 0.717) is 17.9 Å². The quantitative estimate of drug-likeness (QED) is 0.384. The molecule has 178 valence electrons. The van der Waals surface area contributed by atoms with Crippen molar-refractivity contribution in [2.24, 2.45) is 0 Å². The molecule has 0 atom stereocenters. The van der Waals surface area contributed by atoms with Crippen LogP contribution in [0.25, 0.3) is 0 Å². The van der Waals surface area contributed by atoms with Gasteiger partial charge in [-0.1, -0.05) is 12.1 Å². The van der Waals surface area contributed by atoms with Crippen molar-refractivity contribution in [1.29, 1.82) is 0 Å². The second kappa shape index (κ2) is 9.09. The Morgan fingerprint density at radius 3 is 2.50 bits per heavy atom. The number of carbonyl (C=O) groups excluding carboxylic acids is 1. The summed E-state index contributed by atoms with van der Waals surface area (Å²) < 4.78 is 44.7. The Balaban J connectivity index is 1.44. The molecule has 0 spiro atoms. The molecule has 1 aromatic carbocycles. The molecule has 0 bridgehead atoms. The molecule has 4 rings (SSSR count). The fourth-order valence-corrected chi connectivity index (χ4v) is 3.73. The van der Waals surface area contributed by atoms with Gasteiger partial charge in [0.25, 0.3) is 5.91 Å². The molecule has 4 aromatic rings. The molecule has 1 amide bonds. The molecule has 0 saturated heterocycles. The predicted molar refractivity (Wildman–Crippen MR) is 122 cm³/mol. The third-order valence-corrected chi connectivity index (χ3v) is 6.40. The first-order chi connectivity index (χ1) is 16.0. The maximum Gasteiger partial charge on any atom is 0.416 e. The fourth-order valence-electron chi connectivity index (χ4n) is 3.44. The number of hydrogen-bond acceptors (Lipinski definition) is 4. The number of benzene rings is 1. The number of hydrogen-bond donors (Lipinski definition) is 1. The average Bonchev–Trinajstić information content (AvgIpc) is 3.44. The molecule has 0 radical (unpaired) electrons. The van der Waals surface area contributed by atoms with E-state index in [1.165, 1.54) is 10.7 Å². The molecule has 1 N–H and O–H groups in total. The van der Waals surface area contributed by atoms with Gasteiger partial charge in [-0.05, 0) is 60.5 Å². The molecule has 12 heteroatoms. The summed E-state index contributed by atoms with van der Waals surface area (Å²) in [7, 11) is 0. The molecular formula is C22H21BrF3N7O. The van der Waals surface area contributed by atoms with Crippen LogP contribution in [0.2, 0.25) is 0 Å². The van der Waals surface area contributed by atoms with Gasteiger partial charge in [0.1, 0.15) is 6.67 Å². The van der Waals surface area contributed by atoms with Crippen molar-refractivity contribution in [1.82, 2.24) is 29.3 Å². The molecule has 34 heavy (non-hydrogen) atoms. The standard InChI is InChI=1S/C22H21BrF3N7O/c1-13-9-19(30-32(13)11-16-5-4-6-17(10-16)22(24,25)26)27-21(34)18-7-8-31(29-18)12-33-15(3)20(23)14(2)28-33/h4-10H,11-12H2,1-3H3,(H,27,30,34). The van der Waals surface area contributed by atoms with Gasteiger partial charge in [0.05, 0.1) is 28.0 Å². The monoisotopic (exact) mass is 535 g/mol. The number of nitrogens with zero attached hydrogens (tertiary/aromatic N) is 6. The normalized spacial score (nSPS) is 11.7. The lowest BCUT2D eigenvalue weighted by Crippen LogP contribution is -2.16. The Kier molecular flexibility index (Phi) is 6.34. The van der Waals surface area contributed by atoms with Gasteiger partial charge in [-0.3, -0.25) is 14.2 Å². The van der Waals surface area contributed by atoms with Crippen molar-refractivity contribution < 1.29 is 18.0 Å². The van der Waals surface area contributed by atoms with Crippen LogP contribution in [-0.4, -0.2) is 35.2 Å². The molecule has 0 aliphatic rings. The Bertz CT molecular complexity index is 1350. The first kappa shape index (κ1) is 23.7. The number of alkyl halides is 3. The van der Waals surface area contributed by atoms with E-state index in [9.17, 15) is 18.0 Å². The maximum atomic E-state index is 13.0. The highest BCUT2D eigenvalue weighted by Gasteiger charge is 2.30. The smallest absolute Gasteiger partial charge is 0.304 e. The molecule has 8 nitrogen and oxygen atoms in total. The summed E-state index contributed by atoms with van der Waals surface area (Å²) in [5.74, 6) is -0.163. The average molecular weight is 536 g/mol. The van der Waals surface area contributed by atoms with Gasteiger partial charge >= 0.3 is 6.18 Å². The van der Waals surface area contributed by atoms with Gasteiger partial charge in [-0.25, -0.2) is 4.68 Å². The third kappa shape index (κ3) is 5.06. The Morgan fingerprint density at radius 2 is 1.82 bits per heavy atom. The summed E-state index contributed by atoms with van der Waals surface area (Å²) in [6.07, 6.45) is -2.74. The number of amides is 1. The number of rotatable bonds is 6. The highest BCUT2D eigenvalue weighted by atomic mass is 79.9. The molecule has 3 aromatic heterocycles. The Hall–Kier alpha value is -3.41. The van der Waals surface area contributed by atoms with Crippen LogP contribution in [0.4, 0.5) is 19.0 Å². The highest BCUT2D eigenvalue weighted by molar-refractivity contribution is 9.10. The molecule has 3 heterocycles. The van der Waals surface area contributed by atoms with Crippen molar-refractivity contribution in [2.45, 2.75) is 40.2 Å². The summed E-state index contributed by atoms with van der Waals surface area (Å²) in [6, 6.07) is 8.31. The topological polar surface area (TPSA) is 82.6 Å². The first-order valence-electron chi connectivity index (χ1n) is 10.3. The molecule has 0 fully saturated rings. The van der Waals surface area contributed by atoms with Crippen LogP contribution in [0.3, 0.4) is 0 Å². The van der Waals surface area contributed by atoms with Crippen molar-refractivity contribution in [2.75, 3.05) is 5.32 Å². The molecule has 0 aliphatic carbocycles. The minimum absolute atomic E-state index is 0.137. The van der Waals surface area contributed by atoms with Crippen molar-refractivity contribution >= 4 is 27.7 Å². The summed E-state index contributed by atoms with van der Waals surface area (Å²) in [6.45, 7) is 6.06. The van der Waals surface area contributed by atoms with Gasteiger partial charge in [-0.2, -0.15) is 28.5 Å². The lowest BCUT2D eigenvalue weighted by atomic mass is 10.1. The third-order valence-electron chi connectivity index (χ3n) is 5.25. The number of halogens is 4. The van der Waals surface area contributed by atoms with Gasteiger partial charge in [0.15, 0.2) is 11.5 Å². The van der Waals surface area contributed by atoms with Crippen LogP contribution in [0.5, 0.6) is 0 Å². The van der Waals surface area contributed by atoms with E-state index >= 15 is 0 Å². The lowest BCUT2D eigenvalue weighted by Gasteiger charge is -2.09. The SMILES string of the molecule is Cc1nn(Cn2ccc(C(=O)Nc3cc(C)n(Cc4cccc(C(F)(F)F)c4)n3)n2)c(C)c1Br. The number of aryl methyl sites for hydroxylation is 2. The zero-order valence-corrected chi connectivity index (χ0v) is 20.1. The van der Waals surface area contributed by atoms with Crippen LogP contribution in [0.1, 0.15) is 38.7 Å². The van der Waals surface area contributed by atoms with Gasteiger partial charge in [-0.15, -0.1) is 0 Å². The van der Waals surface area contributed by atoms with Crippen molar-refractivity contribution in [3.8, 4) is 0 Å². The Labute approximate surface area is 201 Å². The predicted octanol–water partition coefficient (Wildman–Crippen LogP) is 4.79. The van der Waals surface area contributed by atoms with E-state index < -0.39 is 17.6 Å². The van der Waals surface area contributed by atoms with Crippen molar-refractivity contribution in [3.63, 3.8) is 0 Å².